The molecular weight excluding hydrogens is 289 g/mol. The SMILES string of the molecule is CCN(CC(F)(F)F)C(=O)NC(C(=O)O)C1CCCCC1. The van der Waals surface area contributed by atoms with Crippen molar-refractivity contribution in [3.63, 3.8) is 0 Å². The second-order valence-corrected chi connectivity index (χ2v) is 5.29. The zero-order valence-corrected chi connectivity index (χ0v) is 11.9. The summed E-state index contributed by atoms with van der Waals surface area (Å²) in [7, 11) is 0. The second-order valence-electron chi connectivity index (χ2n) is 5.29. The molecule has 0 aliphatic heterocycles. The van der Waals surface area contributed by atoms with E-state index in [0.717, 1.165) is 19.3 Å². The molecule has 1 atom stereocenters. The van der Waals surface area contributed by atoms with Crippen LogP contribution in [0.3, 0.4) is 0 Å². The molecule has 21 heavy (non-hydrogen) atoms. The number of halogens is 3. The number of alkyl halides is 3. The lowest BCUT2D eigenvalue weighted by molar-refractivity contribution is -0.142. The number of rotatable bonds is 5. The van der Waals surface area contributed by atoms with E-state index in [1.54, 1.807) is 0 Å². The minimum absolute atomic E-state index is 0.137. The molecule has 0 aromatic rings. The Labute approximate surface area is 121 Å². The van der Waals surface area contributed by atoms with Crippen molar-refractivity contribution >= 4 is 12.0 Å². The van der Waals surface area contributed by atoms with Gasteiger partial charge in [-0.15, -0.1) is 0 Å². The molecule has 1 unspecified atom stereocenters. The lowest BCUT2D eigenvalue weighted by Gasteiger charge is -2.30. The number of carbonyl (C=O) groups is 2. The first-order valence-corrected chi connectivity index (χ1v) is 7.09. The van der Waals surface area contributed by atoms with Crippen LogP contribution in [0.4, 0.5) is 18.0 Å². The Bertz CT molecular complexity index is 368. The molecule has 1 rings (SSSR count). The van der Waals surface area contributed by atoms with Crippen LogP contribution in [0.5, 0.6) is 0 Å². The Morgan fingerprint density at radius 3 is 2.29 bits per heavy atom. The van der Waals surface area contributed by atoms with Crippen LogP contribution < -0.4 is 5.32 Å². The van der Waals surface area contributed by atoms with E-state index in [0.29, 0.717) is 17.7 Å². The Morgan fingerprint density at radius 1 is 1.29 bits per heavy atom. The topological polar surface area (TPSA) is 69.6 Å². The molecule has 0 heterocycles. The summed E-state index contributed by atoms with van der Waals surface area (Å²) in [6.07, 6.45) is -0.386. The molecule has 122 valence electrons. The third kappa shape index (κ3) is 5.81. The number of nitrogens with one attached hydrogen (secondary N) is 1. The minimum Gasteiger partial charge on any atom is -0.480 e. The van der Waals surface area contributed by atoms with E-state index < -0.39 is 30.8 Å². The highest BCUT2D eigenvalue weighted by molar-refractivity contribution is 5.82. The average molecular weight is 310 g/mol. The molecule has 2 amide bonds. The number of carboxylic acid groups (broad SMARTS) is 1. The first-order chi connectivity index (χ1) is 9.74. The van der Waals surface area contributed by atoms with Gasteiger partial charge < -0.3 is 15.3 Å². The summed E-state index contributed by atoms with van der Waals surface area (Å²) in [5.74, 6) is -1.41. The number of carboxylic acids is 1. The van der Waals surface area contributed by atoms with Crippen LogP contribution >= 0.6 is 0 Å². The third-order valence-electron chi connectivity index (χ3n) is 3.71. The molecule has 8 heteroatoms. The molecule has 0 aromatic carbocycles. The molecule has 5 nitrogen and oxygen atoms in total. The fraction of sp³-hybridized carbons (Fsp3) is 0.846. The summed E-state index contributed by atoms with van der Waals surface area (Å²) in [6.45, 7) is -0.101. The van der Waals surface area contributed by atoms with E-state index in [2.05, 4.69) is 5.32 Å². The van der Waals surface area contributed by atoms with Crippen molar-refractivity contribution in [1.82, 2.24) is 10.2 Å². The van der Waals surface area contributed by atoms with Gasteiger partial charge in [0.2, 0.25) is 0 Å². The smallest absolute Gasteiger partial charge is 0.406 e. The van der Waals surface area contributed by atoms with Crippen LogP contribution in [0, 0.1) is 5.92 Å². The highest BCUT2D eigenvalue weighted by atomic mass is 19.4. The maximum absolute atomic E-state index is 12.4. The number of nitrogens with zero attached hydrogens (tertiary/aromatic N) is 1. The lowest BCUT2D eigenvalue weighted by Crippen LogP contribution is -2.53. The van der Waals surface area contributed by atoms with Crippen molar-refractivity contribution in [2.24, 2.45) is 5.92 Å². The molecule has 0 saturated heterocycles. The highest BCUT2D eigenvalue weighted by Crippen LogP contribution is 2.27. The number of hydrogen-bond acceptors (Lipinski definition) is 2. The van der Waals surface area contributed by atoms with E-state index >= 15 is 0 Å². The normalized spacial score (nSPS) is 18.1. The van der Waals surface area contributed by atoms with Gasteiger partial charge in [0.05, 0.1) is 0 Å². The van der Waals surface area contributed by atoms with Gasteiger partial charge in [-0.2, -0.15) is 13.2 Å². The summed E-state index contributed by atoms with van der Waals surface area (Å²) >= 11 is 0. The van der Waals surface area contributed by atoms with Gasteiger partial charge in [0.15, 0.2) is 0 Å². The molecule has 0 radical (unpaired) electrons. The van der Waals surface area contributed by atoms with Crippen molar-refractivity contribution in [2.75, 3.05) is 13.1 Å². The van der Waals surface area contributed by atoms with Crippen molar-refractivity contribution in [1.29, 1.82) is 0 Å². The molecule has 0 spiro atoms. The van der Waals surface area contributed by atoms with Crippen molar-refractivity contribution in [3.8, 4) is 0 Å². The second kappa shape index (κ2) is 7.51. The number of amides is 2. The maximum atomic E-state index is 12.4. The molecule has 1 fully saturated rings. The van der Waals surface area contributed by atoms with Crippen LogP contribution in [0.15, 0.2) is 0 Å². The van der Waals surface area contributed by atoms with Crippen LogP contribution in [0.1, 0.15) is 39.0 Å². The van der Waals surface area contributed by atoms with E-state index in [4.69, 9.17) is 0 Å². The largest absolute Gasteiger partial charge is 0.480 e. The quantitative estimate of drug-likeness (QED) is 0.820. The lowest BCUT2D eigenvalue weighted by atomic mass is 9.84. The van der Waals surface area contributed by atoms with Gasteiger partial charge in [-0.05, 0) is 25.7 Å². The number of urea groups is 1. The molecule has 1 saturated carbocycles. The van der Waals surface area contributed by atoms with E-state index in [1.807, 2.05) is 0 Å². The Balaban J connectivity index is 2.68. The van der Waals surface area contributed by atoms with Gasteiger partial charge in [-0.3, -0.25) is 0 Å². The van der Waals surface area contributed by atoms with Gasteiger partial charge in [0.25, 0.3) is 0 Å². The van der Waals surface area contributed by atoms with Crippen LogP contribution in [-0.2, 0) is 4.79 Å². The summed E-state index contributed by atoms with van der Waals surface area (Å²) < 4.78 is 37.1. The molecule has 0 bridgehead atoms. The zero-order valence-electron chi connectivity index (χ0n) is 11.9. The predicted molar refractivity (Wildman–Crippen MR) is 69.8 cm³/mol. The zero-order chi connectivity index (χ0) is 16.0. The standard InChI is InChI=1S/C13H21F3N2O3/c1-2-18(8-13(14,15)16)12(21)17-10(11(19)20)9-6-4-3-5-7-9/h9-10H,2-8H2,1H3,(H,17,21)(H,19,20). The van der Waals surface area contributed by atoms with Gasteiger partial charge >= 0.3 is 18.2 Å². The van der Waals surface area contributed by atoms with Crippen molar-refractivity contribution in [3.05, 3.63) is 0 Å². The Kier molecular flexibility index (Phi) is 6.29. The Morgan fingerprint density at radius 2 is 1.86 bits per heavy atom. The van der Waals surface area contributed by atoms with Gasteiger partial charge in [0, 0.05) is 6.54 Å². The van der Waals surface area contributed by atoms with Gasteiger partial charge in [0.1, 0.15) is 12.6 Å². The first-order valence-electron chi connectivity index (χ1n) is 7.09. The van der Waals surface area contributed by atoms with Crippen LogP contribution in [-0.4, -0.2) is 47.3 Å². The first kappa shape index (κ1) is 17.6. The van der Waals surface area contributed by atoms with Gasteiger partial charge in [-0.25, -0.2) is 9.59 Å². The molecular formula is C13H21F3N2O3. The van der Waals surface area contributed by atoms with Gasteiger partial charge in [-0.1, -0.05) is 19.3 Å². The Hall–Kier alpha value is -1.47. The average Bonchev–Trinajstić information content (AvgIpc) is 2.41. The monoisotopic (exact) mass is 310 g/mol. The third-order valence-corrected chi connectivity index (χ3v) is 3.71. The molecule has 2 N–H and O–H groups in total. The maximum Gasteiger partial charge on any atom is 0.406 e. The molecule has 1 aliphatic carbocycles. The van der Waals surface area contributed by atoms with Crippen LogP contribution in [0.25, 0.3) is 0 Å². The minimum atomic E-state index is -4.50. The summed E-state index contributed by atoms with van der Waals surface area (Å²) in [6, 6.07) is -2.10. The van der Waals surface area contributed by atoms with Crippen LogP contribution in [0.2, 0.25) is 0 Å². The molecule has 0 aromatic heterocycles. The van der Waals surface area contributed by atoms with Crippen molar-refractivity contribution < 1.29 is 27.9 Å². The van der Waals surface area contributed by atoms with Crippen molar-refractivity contribution in [2.45, 2.75) is 51.2 Å². The number of hydrogen-bond donors (Lipinski definition) is 2. The highest BCUT2D eigenvalue weighted by Gasteiger charge is 2.35. The summed E-state index contributed by atoms with van der Waals surface area (Å²) in [4.78, 5) is 23.7. The predicted octanol–water partition coefficient (Wildman–Crippen LogP) is 2.61. The molecule has 1 aliphatic rings. The van der Waals surface area contributed by atoms with E-state index in [-0.39, 0.29) is 12.5 Å². The number of carbonyl (C=O) groups excluding carboxylic acids is 1. The summed E-state index contributed by atoms with van der Waals surface area (Å²) in [5.41, 5.74) is 0. The van der Waals surface area contributed by atoms with E-state index in [1.165, 1.54) is 6.92 Å². The van der Waals surface area contributed by atoms with E-state index in [9.17, 15) is 27.9 Å². The number of aliphatic carboxylic acids is 1. The fourth-order valence-corrected chi connectivity index (χ4v) is 2.62. The fourth-order valence-electron chi connectivity index (χ4n) is 2.62. The summed E-state index contributed by atoms with van der Waals surface area (Å²) in [5, 5.41) is 11.5.